The number of likely N-dealkylation sites (N-methyl/N-ethyl adjacent to an activating group) is 2. The SMILES string of the molecule is CCN(CC)C(=O)CN(C)C(=O)c1cn(Cc2ccccc2)nc1-c1ccc(Cl)cc1. The second kappa shape index (κ2) is 10.3. The molecule has 6 nitrogen and oxygen atoms in total. The first kappa shape index (κ1) is 22.6. The van der Waals surface area contributed by atoms with Crippen LogP contribution in [0.2, 0.25) is 5.02 Å². The van der Waals surface area contributed by atoms with Crippen molar-refractivity contribution in [2.45, 2.75) is 20.4 Å². The fourth-order valence-electron chi connectivity index (χ4n) is 3.41. The maximum absolute atomic E-state index is 13.3. The average Bonchev–Trinajstić information content (AvgIpc) is 3.18. The number of aromatic nitrogens is 2. The zero-order valence-electron chi connectivity index (χ0n) is 18.1. The molecule has 1 aromatic heterocycles. The van der Waals surface area contributed by atoms with Crippen molar-refractivity contribution < 1.29 is 9.59 Å². The Kier molecular flexibility index (Phi) is 7.47. The van der Waals surface area contributed by atoms with E-state index >= 15 is 0 Å². The van der Waals surface area contributed by atoms with E-state index in [4.69, 9.17) is 11.6 Å². The summed E-state index contributed by atoms with van der Waals surface area (Å²) in [5.74, 6) is -0.324. The van der Waals surface area contributed by atoms with Gasteiger partial charge in [-0.15, -0.1) is 0 Å². The summed E-state index contributed by atoms with van der Waals surface area (Å²) in [7, 11) is 1.64. The van der Waals surface area contributed by atoms with Crippen molar-refractivity contribution in [1.29, 1.82) is 0 Å². The van der Waals surface area contributed by atoms with E-state index in [2.05, 4.69) is 5.10 Å². The summed E-state index contributed by atoms with van der Waals surface area (Å²) in [4.78, 5) is 28.9. The minimum atomic E-state index is -0.246. The molecule has 31 heavy (non-hydrogen) atoms. The molecule has 0 bridgehead atoms. The second-order valence-corrected chi connectivity index (χ2v) is 7.75. The maximum atomic E-state index is 13.3. The molecule has 0 radical (unpaired) electrons. The van der Waals surface area contributed by atoms with Crippen molar-refractivity contribution >= 4 is 23.4 Å². The fraction of sp³-hybridized carbons (Fsp3) is 0.292. The van der Waals surface area contributed by atoms with Gasteiger partial charge in [0.25, 0.3) is 5.91 Å². The van der Waals surface area contributed by atoms with E-state index < -0.39 is 0 Å². The molecule has 1 heterocycles. The Labute approximate surface area is 188 Å². The normalized spacial score (nSPS) is 10.7. The Bertz CT molecular complexity index is 1030. The van der Waals surface area contributed by atoms with Gasteiger partial charge in [-0.05, 0) is 31.5 Å². The van der Waals surface area contributed by atoms with Gasteiger partial charge < -0.3 is 9.80 Å². The molecule has 3 rings (SSSR count). The summed E-state index contributed by atoms with van der Waals surface area (Å²) in [6.07, 6.45) is 1.75. The van der Waals surface area contributed by atoms with Crippen LogP contribution in [0, 0.1) is 0 Å². The number of halogens is 1. The summed E-state index contributed by atoms with van der Waals surface area (Å²) in [6.45, 7) is 5.64. The molecule has 162 valence electrons. The van der Waals surface area contributed by atoms with Gasteiger partial charge in [0, 0.05) is 36.9 Å². The van der Waals surface area contributed by atoms with Gasteiger partial charge in [0.15, 0.2) is 0 Å². The van der Waals surface area contributed by atoms with Crippen LogP contribution in [0.1, 0.15) is 29.8 Å². The van der Waals surface area contributed by atoms with Gasteiger partial charge in [0.1, 0.15) is 5.69 Å². The molecule has 0 N–H and O–H groups in total. The van der Waals surface area contributed by atoms with E-state index in [1.54, 1.807) is 35.0 Å². The van der Waals surface area contributed by atoms with Crippen molar-refractivity contribution in [1.82, 2.24) is 19.6 Å². The highest BCUT2D eigenvalue weighted by atomic mass is 35.5. The van der Waals surface area contributed by atoms with Gasteiger partial charge >= 0.3 is 0 Å². The molecule has 0 unspecified atom stereocenters. The summed E-state index contributed by atoms with van der Waals surface area (Å²) in [5, 5.41) is 5.30. The van der Waals surface area contributed by atoms with Crippen LogP contribution in [-0.4, -0.2) is 58.1 Å². The molecule has 0 atom stereocenters. The Morgan fingerprint density at radius 2 is 1.65 bits per heavy atom. The van der Waals surface area contributed by atoms with Crippen LogP contribution in [-0.2, 0) is 11.3 Å². The summed E-state index contributed by atoms with van der Waals surface area (Å²) in [5.41, 5.74) is 2.90. The highest BCUT2D eigenvalue weighted by Crippen LogP contribution is 2.25. The largest absolute Gasteiger partial charge is 0.342 e. The third kappa shape index (κ3) is 5.52. The molecule has 3 aromatic rings. The lowest BCUT2D eigenvalue weighted by molar-refractivity contribution is -0.131. The predicted molar refractivity (Wildman–Crippen MR) is 123 cm³/mol. The zero-order valence-corrected chi connectivity index (χ0v) is 18.8. The number of nitrogens with zero attached hydrogens (tertiary/aromatic N) is 4. The van der Waals surface area contributed by atoms with Crippen LogP contribution in [0.4, 0.5) is 0 Å². The quantitative estimate of drug-likeness (QED) is 0.529. The van der Waals surface area contributed by atoms with Crippen LogP contribution in [0.15, 0.2) is 60.8 Å². The fourth-order valence-corrected chi connectivity index (χ4v) is 3.53. The number of benzene rings is 2. The standard InChI is InChI=1S/C24H27ClN4O2/c1-4-28(5-2)22(30)17-27(3)24(31)21-16-29(15-18-9-7-6-8-10-18)26-23(21)19-11-13-20(25)14-12-19/h6-14,16H,4-5,15,17H2,1-3H3. The van der Waals surface area contributed by atoms with Crippen molar-refractivity contribution in [3.05, 3.63) is 76.9 Å². The second-order valence-electron chi connectivity index (χ2n) is 7.31. The number of carbonyl (C=O) groups is 2. The van der Waals surface area contributed by atoms with Crippen molar-refractivity contribution in [3.8, 4) is 11.3 Å². The van der Waals surface area contributed by atoms with Gasteiger partial charge in [0.2, 0.25) is 5.91 Å². The highest BCUT2D eigenvalue weighted by molar-refractivity contribution is 6.30. The number of hydrogen-bond acceptors (Lipinski definition) is 3. The molecule has 7 heteroatoms. The van der Waals surface area contributed by atoms with E-state index in [1.807, 2.05) is 56.3 Å². The molecule has 0 saturated heterocycles. The van der Waals surface area contributed by atoms with Crippen molar-refractivity contribution in [2.75, 3.05) is 26.7 Å². The van der Waals surface area contributed by atoms with Gasteiger partial charge in [-0.25, -0.2) is 0 Å². The van der Waals surface area contributed by atoms with E-state index in [0.29, 0.717) is 35.9 Å². The lowest BCUT2D eigenvalue weighted by Crippen LogP contribution is -2.41. The molecule has 0 fully saturated rings. The molecule has 0 spiro atoms. The van der Waals surface area contributed by atoms with Crippen molar-refractivity contribution in [2.24, 2.45) is 0 Å². The smallest absolute Gasteiger partial charge is 0.257 e. The summed E-state index contributed by atoms with van der Waals surface area (Å²) >= 11 is 6.04. The minimum absolute atomic E-state index is 0.0183. The van der Waals surface area contributed by atoms with E-state index in [0.717, 1.165) is 11.1 Å². The van der Waals surface area contributed by atoms with E-state index in [9.17, 15) is 9.59 Å². The number of carbonyl (C=O) groups excluding carboxylic acids is 2. The maximum Gasteiger partial charge on any atom is 0.257 e. The van der Waals surface area contributed by atoms with Crippen LogP contribution in [0.5, 0.6) is 0 Å². The zero-order chi connectivity index (χ0) is 22.4. The first-order valence-electron chi connectivity index (χ1n) is 10.3. The molecular weight excluding hydrogens is 412 g/mol. The Balaban J connectivity index is 1.91. The van der Waals surface area contributed by atoms with E-state index in [-0.39, 0.29) is 18.4 Å². The third-order valence-electron chi connectivity index (χ3n) is 5.13. The molecule has 2 amide bonds. The first-order valence-corrected chi connectivity index (χ1v) is 10.7. The van der Waals surface area contributed by atoms with Crippen molar-refractivity contribution in [3.63, 3.8) is 0 Å². The van der Waals surface area contributed by atoms with Crippen LogP contribution < -0.4 is 0 Å². The number of rotatable bonds is 8. The highest BCUT2D eigenvalue weighted by Gasteiger charge is 2.23. The molecular formula is C24H27ClN4O2. The van der Waals surface area contributed by atoms with Gasteiger partial charge in [-0.2, -0.15) is 5.10 Å². The lowest BCUT2D eigenvalue weighted by atomic mass is 10.1. The Morgan fingerprint density at radius 1 is 1.00 bits per heavy atom. The molecule has 0 saturated carbocycles. The monoisotopic (exact) mass is 438 g/mol. The lowest BCUT2D eigenvalue weighted by Gasteiger charge is -2.23. The van der Waals surface area contributed by atoms with Crippen LogP contribution >= 0.6 is 11.6 Å². The topological polar surface area (TPSA) is 58.4 Å². The third-order valence-corrected chi connectivity index (χ3v) is 5.38. The van der Waals surface area contributed by atoms with Gasteiger partial charge in [0.05, 0.1) is 18.7 Å². The van der Waals surface area contributed by atoms with E-state index in [1.165, 1.54) is 4.90 Å². The first-order chi connectivity index (χ1) is 14.9. The molecule has 0 aliphatic rings. The molecule has 2 aromatic carbocycles. The van der Waals surface area contributed by atoms with Gasteiger partial charge in [-0.1, -0.05) is 54.1 Å². The van der Waals surface area contributed by atoms with Crippen LogP contribution in [0.3, 0.4) is 0 Å². The summed E-state index contributed by atoms with van der Waals surface area (Å²) in [6, 6.07) is 17.2. The van der Waals surface area contributed by atoms with Gasteiger partial charge in [-0.3, -0.25) is 14.3 Å². The molecule has 0 aliphatic carbocycles. The summed E-state index contributed by atoms with van der Waals surface area (Å²) < 4.78 is 1.76. The Morgan fingerprint density at radius 3 is 2.26 bits per heavy atom. The minimum Gasteiger partial charge on any atom is -0.342 e. The van der Waals surface area contributed by atoms with Crippen LogP contribution in [0.25, 0.3) is 11.3 Å². The predicted octanol–water partition coefficient (Wildman–Crippen LogP) is 4.19. The number of hydrogen-bond donors (Lipinski definition) is 0. The molecule has 0 aliphatic heterocycles. The average molecular weight is 439 g/mol. The Hall–Kier alpha value is -3.12. The number of amides is 2.